The lowest BCUT2D eigenvalue weighted by Gasteiger charge is -2.33. The Labute approximate surface area is 251 Å². The molecule has 232 valence electrons. The molecule has 11 nitrogen and oxygen atoms in total. The van der Waals surface area contributed by atoms with Crippen LogP contribution in [0, 0.1) is 5.82 Å². The Morgan fingerprint density at radius 3 is 2.05 bits per heavy atom. The summed E-state index contributed by atoms with van der Waals surface area (Å²) in [5.74, 6) is -0.644. The SMILES string of the molecule is CC[C@@H](C(=O)NC)N(Cc1ccc(F)cc1)C(=O)CN(c1cc(OC)ccc1OC)S(=O)(=O)c1ccc(OC)c(OC)c1. The Balaban J connectivity index is 2.19. The van der Waals surface area contributed by atoms with E-state index in [0.29, 0.717) is 17.1 Å². The van der Waals surface area contributed by atoms with Crippen LogP contribution in [0.4, 0.5) is 10.1 Å². The number of halogens is 1. The molecule has 43 heavy (non-hydrogen) atoms. The fourth-order valence-corrected chi connectivity index (χ4v) is 5.91. The third-order valence-corrected chi connectivity index (χ3v) is 8.53. The van der Waals surface area contributed by atoms with Crippen LogP contribution in [0.1, 0.15) is 18.9 Å². The van der Waals surface area contributed by atoms with Crippen molar-refractivity contribution in [3.05, 3.63) is 72.0 Å². The topological polar surface area (TPSA) is 124 Å². The van der Waals surface area contributed by atoms with E-state index in [2.05, 4.69) is 5.32 Å². The second-order valence-corrected chi connectivity index (χ2v) is 11.1. The minimum Gasteiger partial charge on any atom is -0.497 e. The first-order chi connectivity index (χ1) is 20.5. The van der Waals surface area contributed by atoms with Crippen molar-refractivity contribution in [2.75, 3.05) is 46.3 Å². The van der Waals surface area contributed by atoms with Gasteiger partial charge in [-0.3, -0.25) is 13.9 Å². The average Bonchev–Trinajstić information content (AvgIpc) is 3.03. The molecule has 2 amide bonds. The zero-order valence-electron chi connectivity index (χ0n) is 24.9. The zero-order chi connectivity index (χ0) is 31.7. The van der Waals surface area contributed by atoms with Gasteiger partial charge in [0.2, 0.25) is 11.8 Å². The molecular formula is C30H36FN3O8S. The van der Waals surface area contributed by atoms with Gasteiger partial charge in [0.05, 0.1) is 39.0 Å². The number of carbonyl (C=O) groups excluding carboxylic acids is 2. The number of sulfonamides is 1. The summed E-state index contributed by atoms with van der Waals surface area (Å²) in [6, 6.07) is 13.1. The zero-order valence-corrected chi connectivity index (χ0v) is 25.7. The number of hydrogen-bond donors (Lipinski definition) is 1. The van der Waals surface area contributed by atoms with Gasteiger partial charge in [-0.2, -0.15) is 0 Å². The number of anilines is 1. The number of likely N-dealkylation sites (N-methyl/N-ethyl adjacent to an activating group) is 1. The summed E-state index contributed by atoms with van der Waals surface area (Å²) >= 11 is 0. The number of ether oxygens (including phenoxy) is 4. The third-order valence-electron chi connectivity index (χ3n) is 6.78. The number of nitrogens with zero attached hydrogens (tertiary/aromatic N) is 2. The Hall–Kier alpha value is -4.52. The second-order valence-electron chi connectivity index (χ2n) is 9.25. The van der Waals surface area contributed by atoms with Crippen molar-refractivity contribution in [3.63, 3.8) is 0 Å². The molecule has 0 aliphatic carbocycles. The van der Waals surface area contributed by atoms with Crippen LogP contribution in [0.3, 0.4) is 0 Å². The minimum absolute atomic E-state index is 0.0275. The van der Waals surface area contributed by atoms with Gasteiger partial charge in [0.1, 0.15) is 29.9 Å². The first kappa shape index (κ1) is 33.0. The second kappa shape index (κ2) is 14.6. The molecular weight excluding hydrogens is 581 g/mol. The van der Waals surface area contributed by atoms with Crippen LogP contribution >= 0.6 is 0 Å². The van der Waals surface area contributed by atoms with Gasteiger partial charge in [-0.15, -0.1) is 0 Å². The molecule has 0 aliphatic heterocycles. The Bertz CT molecular complexity index is 1530. The van der Waals surface area contributed by atoms with E-state index in [1.54, 1.807) is 13.0 Å². The first-order valence-electron chi connectivity index (χ1n) is 13.3. The molecule has 0 heterocycles. The van der Waals surface area contributed by atoms with Crippen molar-refractivity contribution in [3.8, 4) is 23.0 Å². The van der Waals surface area contributed by atoms with Crippen molar-refractivity contribution in [2.45, 2.75) is 30.8 Å². The fourth-order valence-electron chi connectivity index (χ4n) is 4.48. The number of amides is 2. The summed E-state index contributed by atoms with van der Waals surface area (Å²) < 4.78 is 64.5. The molecule has 3 aromatic rings. The lowest BCUT2D eigenvalue weighted by molar-refractivity contribution is -0.140. The average molecular weight is 618 g/mol. The maximum atomic E-state index is 14.3. The van der Waals surface area contributed by atoms with Crippen LogP contribution in [0.2, 0.25) is 0 Å². The van der Waals surface area contributed by atoms with Gasteiger partial charge in [0, 0.05) is 25.7 Å². The molecule has 0 spiro atoms. The predicted molar refractivity (Wildman–Crippen MR) is 159 cm³/mol. The van der Waals surface area contributed by atoms with E-state index in [4.69, 9.17) is 18.9 Å². The van der Waals surface area contributed by atoms with Gasteiger partial charge in [0.25, 0.3) is 10.0 Å². The Morgan fingerprint density at radius 2 is 1.49 bits per heavy atom. The lowest BCUT2D eigenvalue weighted by Crippen LogP contribution is -2.51. The number of nitrogens with one attached hydrogen (secondary N) is 1. The van der Waals surface area contributed by atoms with Crippen molar-refractivity contribution < 1.29 is 41.3 Å². The lowest BCUT2D eigenvalue weighted by atomic mass is 10.1. The molecule has 0 saturated heterocycles. The molecule has 13 heteroatoms. The van der Waals surface area contributed by atoms with Crippen LogP contribution in [0.25, 0.3) is 0 Å². The van der Waals surface area contributed by atoms with Crippen LogP contribution in [-0.2, 0) is 26.2 Å². The van der Waals surface area contributed by atoms with Gasteiger partial charge in [-0.1, -0.05) is 19.1 Å². The van der Waals surface area contributed by atoms with Crippen LogP contribution < -0.4 is 28.6 Å². The number of benzene rings is 3. The van der Waals surface area contributed by atoms with Crippen LogP contribution in [-0.4, -0.2) is 73.2 Å². The smallest absolute Gasteiger partial charge is 0.265 e. The highest BCUT2D eigenvalue weighted by Crippen LogP contribution is 2.37. The molecule has 0 saturated carbocycles. The quantitative estimate of drug-likeness (QED) is 0.291. The van der Waals surface area contributed by atoms with Crippen molar-refractivity contribution in [1.82, 2.24) is 10.2 Å². The highest BCUT2D eigenvalue weighted by molar-refractivity contribution is 7.92. The Kier molecular flexibility index (Phi) is 11.2. The highest BCUT2D eigenvalue weighted by Gasteiger charge is 2.35. The minimum atomic E-state index is -4.47. The Morgan fingerprint density at radius 1 is 0.860 bits per heavy atom. The van der Waals surface area contributed by atoms with Gasteiger partial charge in [-0.05, 0) is 48.4 Å². The normalized spacial score (nSPS) is 11.7. The molecule has 1 atom stereocenters. The maximum Gasteiger partial charge on any atom is 0.265 e. The predicted octanol–water partition coefficient (Wildman–Crippen LogP) is 3.61. The fraction of sp³-hybridized carbons (Fsp3) is 0.333. The molecule has 0 fully saturated rings. The third kappa shape index (κ3) is 7.47. The van der Waals surface area contributed by atoms with E-state index in [-0.39, 0.29) is 35.0 Å². The number of hydrogen-bond acceptors (Lipinski definition) is 8. The molecule has 0 bridgehead atoms. The number of methoxy groups -OCH3 is 4. The van der Waals surface area contributed by atoms with E-state index < -0.39 is 40.2 Å². The summed E-state index contributed by atoms with van der Waals surface area (Å²) in [4.78, 5) is 28.1. The van der Waals surface area contributed by atoms with Crippen LogP contribution in [0.5, 0.6) is 23.0 Å². The van der Waals surface area contributed by atoms with E-state index in [0.717, 1.165) is 4.31 Å². The van der Waals surface area contributed by atoms with E-state index in [1.807, 2.05) is 0 Å². The van der Waals surface area contributed by atoms with E-state index >= 15 is 0 Å². The summed E-state index contributed by atoms with van der Waals surface area (Å²) in [5.41, 5.74) is 0.574. The molecule has 0 radical (unpaired) electrons. The molecule has 0 aliphatic rings. The van der Waals surface area contributed by atoms with Crippen molar-refractivity contribution in [2.24, 2.45) is 0 Å². The molecule has 0 unspecified atom stereocenters. The van der Waals surface area contributed by atoms with Gasteiger partial charge in [0.15, 0.2) is 11.5 Å². The van der Waals surface area contributed by atoms with Gasteiger partial charge < -0.3 is 29.2 Å². The van der Waals surface area contributed by atoms with E-state index in [1.165, 1.54) is 95.0 Å². The number of carbonyl (C=O) groups is 2. The monoisotopic (exact) mass is 617 g/mol. The summed E-state index contributed by atoms with van der Waals surface area (Å²) in [5, 5.41) is 2.56. The molecule has 1 N–H and O–H groups in total. The first-order valence-corrected chi connectivity index (χ1v) is 14.7. The largest absolute Gasteiger partial charge is 0.497 e. The van der Waals surface area contributed by atoms with Crippen molar-refractivity contribution in [1.29, 1.82) is 0 Å². The summed E-state index contributed by atoms with van der Waals surface area (Å²) in [6.45, 7) is 0.938. The van der Waals surface area contributed by atoms with Crippen molar-refractivity contribution >= 4 is 27.5 Å². The molecule has 3 rings (SSSR count). The van der Waals surface area contributed by atoms with E-state index in [9.17, 15) is 22.4 Å². The molecule has 0 aromatic heterocycles. The summed E-state index contributed by atoms with van der Waals surface area (Å²) in [6.07, 6.45) is 0.234. The molecule has 3 aromatic carbocycles. The number of rotatable bonds is 14. The highest BCUT2D eigenvalue weighted by atomic mass is 32.2. The maximum absolute atomic E-state index is 14.3. The van der Waals surface area contributed by atoms with Gasteiger partial charge >= 0.3 is 0 Å². The van der Waals surface area contributed by atoms with Crippen LogP contribution in [0.15, 0.2) is 65.6 Å². The van der Waals surface area contributed by atoms with Gasteiger partial charge in [-0.25, -0.2) is 12.8 Å². The summed E-state index contributed by atoms with van der Waals surface area (Å²) in [7, 11) is 2.56. The standard InChI is InChI=1S/C30H36FN3O8S/c1-7-24(30(36)32-2)33(18-20-8-10-21(31)11-9-20)29(35)19-34(25-16-22(39-3)12-14-26(25)40-4)43(37,38)23-13-15-27(41-5)28(17-23)42-6/h8-17,24H,7,18-19H2,1-6H3,(H,32,36)/t24-/m0/s1.